The van der Waals surface area contributed by atoms with Crippen molar-refractivity contribution in [2.45, 2.75) is 25.4 Å². The average Bonchev–Trinajstić information content (AvgIpc) is 2.70. The van der Waals surface area contributed by atoms with Crippen LogP contribution in [0.5, 0.6) is 0 Å². The molecule has 0 bridgehead atoms. The number of hydrogen-bond donors (Lipinski definition) is 1. The van der Waals surface area contributed by atoms with Crippen LogP contribution in [0.3, 0.4) is 0 Å². The van der Waals surface area contributed by atoms with Crippen molar-refractivity contribution < 1.29 is 4.79 Å². The first kappa shape index (κ1) is 17.2. The first-order valence-corrected chi connectivity index (χ1v) is 9.06. The Bertz CT molecular complexity index is 882. The summed E-state index contributed by atoms with van der Waals surface area (Å²) in [6, 6.07) is 9.38. The molecule has 8 nitrogen and oxygen atoms in total. The third-order valence-corrected chi connectivity index (χ3v) is 4.94. The Morgan fingerprint density at radius 2 is 2.19 bits per heavy atom. The fourth-order valence-electron chi connectivity index (χ4n) is 3.57. The lowest BCUT2D eigenvalue weighted by atomic mass is 10.1. The van der Waals surface area contributed by atoms with Gasteiger partial charge < -0.3 is 10.6 Å². The summed E-state index contributed by atoms with van der Waals surface area (Å²) in [5.41, 5.74) is 7.49. The topological polar surface area (TPSA) is 101 Å². The number of rotatable bonds is 2. The summed E-state index contributed by atoms with van der Waals surface area (Å²) in [6.07, 6.45) is 5.40. The molecule has 1 saturated heterocycles. The number of nitriles is 1. The molecule has 0 aliphatic carbocycles. The maximum Gasteiger partial charge on any atom is 0.334 e. The van der Waals surface area contributed by atoms with Gasteiger partial charge >= 0.3 is 6.03 Å². The van der Waals surface area contributed by atoms with Gasteiger partial charge in [0, 0.05) is 25.3 Å². The van der Waals surface area contributed by atoms with Crippen molar-refractivity contribution in [3.8, 4) is 6.07 Å². The molecular weight excluding hydrogens is 342 g/mol. The monoisotopic (exact) mass is 363 g/mol. The van der Waals surface area contributed by atoms with Crippen LogP contribution in [0.2, 0.25) is 0 Å². The molecule has 3 heterocycles. The molecule has 0 aromatic heterocycles. The maximum absolute atomic E-state index is 13.2. The summed E-state index contributed by atoms with van der Waals surface area (Å²) in [6.45, 7) is 2.15. The number of nitrogens with two attached hydrogens (primary N) is 1. The number of piperidine rings is 1. The third-order valence-electron chi connectivity index (χ3n) is 4.94. The first-order chi connectivity index (χ1) is 13.2. The van der Waals surface area contributed by atoms with Gasteiger partial charge in [0.1, 0.15) is 0 Å². The lowest BCUT2D eigenvalue weighted by Gasteiger charge is -2.42. The van der Waals surface area contributed by atoms with Crippen molar-refractivity contribution >= 4 is 18.0 Å². The van der Waals surface area contributed by atoms with Gasteiger partial charge in [0.05, 0.1) is 24.7 Å². The molecule has 2 amide bonds. The lowest BCUT2D eigenvalue weighted by Crippen LogP contribution is -2.60. The van der Waals surface area contributed by atoms with E-state index in [1.165, 1.54) is 0 Å². The molecule has 3 aliphatic heterocycles. The summed E-state index contributed by atoms with van der Waals surface area (Å²) in [7, 11) is 0. The Morgan fingerprint density at radius 3 is 3.00 bits per heavy atom. The predicted octanol–water partition coefficient (Wildman–Crippen LogP) is 1.46. The van der Waals surface area contributed by atoms with Gasteiger partial charge in [0.15, 0.2) is 0 Å². The second-order valence-electron chi connectivity index (χ2n) is 6.82. The Morgan fingerprint density at radius 1 is 1.33 bits per heavy atom. The Labute approximate surface area is 157 Å². The van der Waals surface area contributed by atoms with Gasteiger partial charge in [-0.05, 0) is 30.5 Å². The van der Waals surface area contributed by atoms with Crippen molar-refractivity contribution in [1.82, 2.24) is 14.7 Å². The van der Waals surface area contributed by atoms with Crippen molar-refractivity contribution in [3.05, 3.63) is 47.7 Å². The molecule has 0 spiro atoms. The number of urea groups is 1. The van der Waals surface area contributed by atoms with E-state index in [9.17, 15) is 10.1 Å². The lowest BCUT2D eigenvalue weighted by molar-refractivity contribution is 0.184. The third kappa shape index (κ3) is 3.29. The molecule has 27 heavy (non-hydrogen) atoms. The minimum atomic E-state index is -0.185. The Balaban J connectivity index is 1.72. The van der Waals surface area contributed by atoms with E-state index in [2.05, 4.69) is 21.0 Å². The highest BCUT2D eigenvalue weighted by atomic mass is 16.2. The van der Waals surface area contributed by atoms with E-state index < -0.39 is 0 Å². The van der Waals surface area contributed by atoms with Crippen LogP contribution in [0.25, 0.3) is 0 Å². The van der Waals surface area contributed by atoms with Crippen molar-refractivity contribution in [1.29, 1.82) is 5.26 Å². The minimum Gasteiger partial charge on any atom is -0.340 e. The van der Waals surface area contributed by atoms with Gasteiger partial charge in [-0.2, -0.15) is 10.3 Å². The molecule has 1 aromatic rings. The van der Waals surface area contributed by atoms with E-state index in [4.69, 9.17) is 5.73 Å². The van der Waals surface area contributed by atoms with E-state index in [1.54, 1.807) is 22.1 Å². The van der Waals surface area contributed by atoms with Crippen molar-refractivity contribution in [2.75, 3.05) is 19.6 Å². The van der Waals surface area contributed by atoms with Gasteiger partial charge in [0.2, 0.25) is 11.9 Å². The van der Waals surface area contributed by atoms with E-state index >= 15 is 0 Å². The number of fused-ring (bicyclic) bond motifs is 1. The minimum absolute atomic E-state index is 0.0519. The Hall–Kier alpha value is -3.18. The smallest absolute Gasteiger partial charge is 0.334 e. The summed E-state index contributed by atoms with van der Waals surface area (Å²) < 4.78 is 0. The van der Waals surface area contributed by atoms with E-state index in [1.807, 2.05) is 24.3 Å². The maximum atomic E-state index is 13.2. The van der Waals surface area contributed by atoms with Gasteiger partial charge in [-0.1, -0.05) is 18.2 Å². The first-order valence-electron chi connectivity index (χ1n) is 9.06. The van der Waals surface area contributed by atoms with Crippen LogP contribution in [0.15, 0.2) is 46.5 Å². The molecule has 1 atom stereocenters. The number of hydrogen-bond acceptors (Lipinski definition) is 6. The zero-order valence-electron chi connectivity index (χ0n) is 15.0. The number of amides is 2. The quantitative estimate of drug-likeness (QED) is 0.859. The predicted molar refractivity (Wildman–Crippen MR) is 102 cm³/mol. The van der Waals surface area contributed by atoms with Gasteiger partial charge in [-0.15, -0.1) is 0 Å². The van der Waals surface area contributed by atoms with E-state index in [-0.39, 0.29) is 18.6 Å². The number of benzene rings is 1. The van der Waals surface area contributed by atoms with Gasteiger partial charge in [0.25, 0.3) is 0 Å². The largest absolute Gasteiger partial charge is 0.340 e. The van der Waals surface area contributed by atoms with Gasteiger partial charge in [-0.3, -0.25) is 9.80 Å². The summed E-state index contributed by atoms with van der Waals surface area (Å²) in [5.74, 6) is 0.967. The SMILES string of the molecule is N#Cc1ccccc1CN1C(=O)N2CC=CN=C2N=C1N1CCC[C@@H](N)C1. The molecule has 0 saturated carbocycles. The summed E-state index contributed by atoms with van der Waals surface area (Å²) >= 11 is 0. The fourth-order valence-corrected chi connectivity index (χ4v) is 3.57. The number of likely N-dealkylation sites (tertiary alicyclic amines) is 1. The zero-order valence-corrected chi connectivity index (χ0v) is 15.0. The summed E-state index contributed by atoms with van der Waals surface area (Å²) in [4.78, 5) is 27.4. The Kier molecular flexibility index (Phi) is 4.60. The van der Waals surface area contributed by atoms with Crippen LogP contribution in [0.4, 0.5) is 4.79 Å². The zero-order chi connectivity index (χ0) is 18.8. The van der Waals surface area contributed by atoms with Crippen LogP contribution >= 0.6 is 0 Å². The molecule has 1 aromatic carbocycles. The number of nitrogens with zero attached hydrogens (tertiary/aromatic N) is 6. The molecule has 0 unspecified atom stereocenters. The molecule has 8 heteroatoms. The number of aliphatic imine (C=N–C) groups is 2. The van der Waals surface area contributed by atoms with E-state index in [0.29, 0.717) is 30.6 Å². The molecule has 0 radical (unpaired) electrons. The van der Waals surface area contributed by atoms with Gasteiger partial charge in [-0.25, -0.2) is 9.79 Å². The highest BCUT2D eigenvalue weighted by Gasteiger charge is 2.37. The summed E-state index contributed by atoms with van der Waals surface area (Å²) in [5, 5.41) is 9.40. The van der Waals surface area contributed by atoms with Crippen LogP contribution in [-0.2, 0) is 6.54 Å². The number of carbonyl (C=O) groups is 1. The normalized spacial score (nSPS) is 22.1. The van der Waals surface area contributed by atoms with E-state index in [0.717, 1.165) is 24.9 Å². The van der Waals surface area contributed by atoms with Crippen LogP contribution in [-0.4, -0.2) is 58.3 Å². The number of carbonyl (C=O) groups excluding carboxylic acids is 1. The number of guanidine groups is 2. The van der Waals surface area contributed by atoms with Crippen LogP contribution < -0.4 is 5.73 Å². The molecule has 138 valence electrons. The van der Waals surface area contributed by atoms with Crippen molar-refractivity contribution in [2.24, 2.45) is 15.7 Å². The average molecular weight is 363 g/mol. The molecular formula is C19H21N7O. The highest BCUT2D eigenvalue weighted by Crippen LogP contribution is 2.22. The highest BCUT2D eigenvalue weighted by molar-refractivity contribution is 6.13. The fraction of sp³-hybridized carbons (Fsp3) is 0.368. The molecule has 1 fully saturated rings. The molecule has 3 aliphatic rings. The van der Waals surface area contributed by atoms with Crippen molar-refractivity contribution in [3.63, 3.8) is 0 Å². The standard InChI is InChI=1S/C19H21N7O/c20-11-14-5-1-2-6-15(14)12-26-18(24-9-3-7-16(21)13-24)23-17-22-8-4-10-25(17)19(26)27/h1-2,4-6,8,16H,3,7,9-10,12-13,21H2/t16-/m1/s1. The molecule has 2 N–H and O–H groups in total. The van der Waals surface area contributed by atoms with Crippen LogP contribution in [0, 0.1) is 11.3 Å². The van der Waals surface area contributed by atoms with Crippen LogP contribution in [0.1, 0.15) is 24.0 Å². The molecule has 4 rings (SSSR count). The second kappa shape index (κ2) is 7.21. The second-order valence-corrected chi connectivity index (χ2v) is 6.82.